The molecule has 0 saturated heterocycles. The van der Waals surface area contributed by atoms with Gasteiger partial charge >= 0.3 is 0 Å². The zero-order chi connectivity index (χ0) is 9.52. The molecule has 70 valence electrons. The number of amides is 1. The SMILES string of the molecule is O=C(NC/C=C/CCl)c1cn[nH]n1. The molecule has 0 aromatic carbocycles. The maximum atomic E-state index is 11.2. The second-order valence-corrected chi connectivity index (χ2v) is 2.50. The molecule has 0 aliphatic carbocycles. The van der Waals surface area contributed by atoms with Crippen molar-refractivity contribution >= 4 is 17.5 Å². The Morgan fingerprint density at radius 2 is 2.54 bits per heavy atom. The third-order valence-corrected chi connectivity index (χ3v) is 1.46. The predicted molar refractivity (Wildman–Crippen MR) is 48.6 cm³/mol. The topological polar surface area (TPSA) is 70.7 Å². The summed E-state index contributed by atoms with van der Waals surface area (Å²) in [6.07, 6.45) is 4.89. The van der Waals surface area contributed by atoms with Crippen LogP contribution in [0.3, 0.4) is 0 Å². The number of H-pyrrole nitrogens is 1. The first-order valence-electron chi connectivity index (χ1n) is 3.69. The molecule has 0 aliphatic heterocycles. The third kappa shape index (κ3) is 3.25. The van der Waals surface area contributed by atoms with Crippen LogP contribution in [0.25, 0.3) is 0 Å². The Balaban J connectivity index is 2.31. The van der Waals surface area contributed by atoms with E-state index < -0.39 is 0 Å². The van der Waals surface area contributed by atoms with Crippen LogP contribution in [-0.2, 0) is 0 Å². The minimum Gasteiger partial charge on any atom is -0.347 e. The summed E-state index contributed by atoms with van der Waals surface area (Å²) in [5.41, 5.74) is 0.277. The van der Waals surface area contributed by atoms with Gasteiger partial charge in [-0.1, -0.05) is 12.2 Å². The van der Waals surface area contributed by atoms with Crippen molar-refractivity contribution < 1.29 is 4.79 Å². The molecule has 2 N–H and O–H groups in total. The smallest absolute Gasteiger partial charge is 0.273 e. The van der Waals surface area contributed by atoms with Gasteiger partial charge in [-0.25, -0.2) is 0 Å². The van der Waals surface area contributed by atoms with Crippen molar-refractivity contribution in [3.8, 4) is 0 Å². The second kappa shape index (κ2) is 5.31. The molecule has 0 fully saturated rings. The maximum absolute atomic E-state index is 11.2. The van der Waals surface area contributed by atoms with Gasteiger partial charge in [0.05, 0.1) is 6.20 Å². The molecule has 1 heterocycles. The fourth-order valence-corrected chi connectivity index (χ4v) is 0.826. The minimum absolute atomic E-state index is 0.257. The Bertz CT molecular complexity index is 283. The van der Waals surface area contributed by atoms with Crippen LogP contribution in [0, 0.1) is 0 Å². The van der Waals surface area contributed by atoms with Gasteiger partial charge in [-0.3, -0.25) is 4.79 Å². The van der Waals surface area contributed by atoms with Gasteiger partial charge in [-0.15, -0.1) is 11.6 Å². The zero-order valence-corrected chi connectivity index (χ0v) is 7.58. The van der Waals surface area contributed by atoms with Crippen LogP contribution in [0.4, 0.5) is 0 Å². The van der Waals surface area contributed by atoms with E-state index >= 15 is 0 Å². The normalized spacial score (nSPS) is 10.5. The molecule has 0 spiro atoms. The molecule has 1 rings (SSSR count). The summed E-state index contributed by atoms with van der Waals surface area (Å²) in [5, 5.41) is 12.1. The quantitative estimate of drug-likeness (QED) is 0.544. The van der Waals surface area contributed by atoms with Crippen molar-refractivity contribution in [3.63, 3.8) is 0 Å². The van der Waals surface area contributed by atoms with Gasteiger partial charge in [0, 0.05) is 12.4 Å². The van der Waals surface area contributed by atoms with Crippen LogP contribution in [0.2, 0.25) is 0 Å². The number of rotatable bonds is 4. The summed E-state index contributed by atoms with van der Waals surface area (Å²) < 4.78 is 0. The van der Waals surface area contributed by atoms with E-state index in [4.69, 9.17) is 11.6 Å². The predicted octanol–water partition coefficient (Wildman–Crippen LogP) is 0.329. The van der Waals surface area contributed by atoms with E-state index in [0.717, 1.165) is 0 Å². The van der Waals surface area contributed by atoms with E-state index in [1.54, 1.807) is 12.2 Å². The van der Waals surface area contributed by atoms with Crippen molar-refractivity contribution in [2.75, 3.05) is 12.4 Å². The van der Waals surface area contributed by atoms with Crippen LogP contribution in [0.1, 0.15) is 10.5 Å². The molecule has 13 heavy (non-hydrogen) atoms. The molecule has 0 aliphatic rings. The number of halogens is 1. The lowest BCUT2D eigenvalue weighted by molar-refractivity contribution is 0.0953. The summed E-state index contributed by atoms with van der Waals surface area (Å²) in [5.74, 6) is 0.188. The Kier molecular flexibility index (Phi) is 3.98. The lowest BCUT2D eigenvalue weighted by Crippen LogP contribution is -2.23. The van der Waals surface area contributed by atoms with Gasteiger partial charge < -0.3 is 5.32 Å². The fourth-order valence-electron chi connectivity index (χ4n) is 0.700. The zero-order valence-electron chi connectivity index (χ0n) is 6.83. The van der Waals surface area contributed by atoms with Gasteiger partial charge in [0.25, 0.3) is 5.91 Å². The van der Waals surface area contributed by atoms with Crippen molar-refractivity contribution in [1.82, 2.24) is 20.7 Å². The Labute approximate surface area is 80.2 Å². The number of alkyl halides is 1. The number of carbonyl (C=O) groups is 1. The van der Waals surface area contributed by atoms with Crippen molar-refractivity contribution in [3.05, 3.63) is 24.0 Å². The Hall–Kier alpha value is -1.36. The number of hydrogen-bond acceptors (Lipinski definition) is 3. The number of allylic oxidation sites excluding steroid dienone is 1. The largest absolute Gasteiger partial charge is 0.347 e. The van der Waals surface area contributed by atoms with E-state index in [2.05, 4.69) is 20.7 Å². The molecule has 1 aromatic rings. The highest BCUT2D eigenvalue weighted by atomic mass is 35.5. The van der Waals surface area contributed by atoms with Gasteiger partial charge in [-0.05, 0) is 0 Å². The molecular formula is C7H9ClN4O. The van der Waals surface area contributed by atoms with Crippen molar-refractivity contribution in [2.45, 2.75) is 0 Å². The highest BCUT2D eigenvalue weighted by Gasteiger charge is 2.05. The molecule has 1 amide bonds. The highest BCUT2D eigenvalue weighted by Crippen LogP contribution is 1.87. The average molecular weight is 201 g/mol. The first kappa shape index (κ1) is 9.73. The van der Waals surface area contributed by atoms with Gasteiger partial charge in [-0.2, -0.15) is 15.4 Å². The molecule has 0 unspecified atom stereocenters. The number of aromatic amines is 1. The Morgan fingerprint density at radius 3 is 3.15 bits per heavy atom. The number of aromatic nitrogens is 3. The number of hydrogen-bond donors (Lipinski definition) is 2. The molecule has 0 saturated carbocycles. The lowest BCUT2D eigenvalue weighted by atomic mass is 10.4. The van der Waals surface area contributed by atoms with Crippen LogP contribution >= 0.6 is 11.6 Å². The lowest BCUT2D eigenvalue weighted by Gasteiger charge is -1.96. The van der Waals surface area contributed by atoms with Crippen molar-refractivity contribution in [2.24, 2.45) is 0 Å². The van der Waals surface area contributed by atoms with E-state index in [0.29, 0.717) is 12.4 Å². The number of nitrogens with zero attached hydrogens (tertiary/aromatic N) is 2. The van der Waals surface area contributed by atoms with Crippen LogP contribution in [0.5, 0.6) is 0 Å². The molecule has 6 heteroatoms. The summed E-state index contributed by atoms with van der Waals surface area (Å²) >= 11 is 5.39. The maximum Gasteiger partial charge on any atom is 0.273 e. The van der Waals surface area contributed by atoms with E-state index in [1.807, 2.05) is 0 Å². The minimum atomic E-state index is -0.257. The van der Waals surface area contributed by atoms with Crippen molar-refractivity contribution in [1.29, 1.82) is 0 Å². The standard InChI is InChI=1S/C7H9ClN4O/c8-3-1-2-4-9-7(13)6-5-10-12-11-6/h1-2,5H,3-4H2,(H,9,13)(H,10,11,12)/b2-1+. The third-order valence-electron chi connectivity index (χ3n) is 1.28. The molecule has 5 nitrogen and oxygen atoms in total. The average Bonchev–Trinajstić information content (AvgIpc) is 2.65. The molecule has 0 radical (unpaired) electrons. The number of carbonyl (C=O) groups excluding carboxylic acids is 1. The Morgan fingerprint density at radius 1 is 1.69 bits per heavy atom. The highest BCUT2D eigenvalue weighted by molar-refractivity contribution is 6.18. The summed E-state index contributed by atoms with van der Waals surface area (Å²) in [7, 11) is 0. The van der Waals surface area contributed by atoms with Crippen LogP contribution in [-0.4, -0.2) is 33.7 Å². The van der Waals surface area contributed by atoms with E-state index in [1.165, 1.54) is 6.20 Å². The van der Waals surface area contributed by atoms with Crippen LogP contribution in [0.15, 0.2) is 18.3 Å². The molecule has 0 atom stereocenters. The van der Waals surface area contributed by atoms with E-state index in [9.17, 15) is 4.79 Å². The summed E-state index contributed by atoms with van der Waals surface area (Å²) in [6.45, 7) is 0.443. The molecule has 1 aromatic heterocycles. The first-order chi connectivity index (χ1) is 6.34. The summed E-state index contributed by atoms with van der Waals surface area (Å²) in [4.78, 5) is 11.2. The summed E-state index contributed by atoms with van der Waals surface area (Å²) in [6, 6.07) is 0. The van der Waals surface area contributed by atoms with Gasteiger partial charge in [0.2, 0.25) is 0 Å². The first-order valence-corrected chi connectivity index (χ1v) is 4.23. The van der Waals surface area contributed by atoms with Gasteiger partial charge in [0.15, 0.2) is 5.69 Å². The monoisotopic (exact) mass is 200 g/mol. The van der Waals surface area contributed by atoms with E-state index in [-0.39, 0.29) is 11.6 Å². The number of nitrogens with one attached hydrogen (secondary N) is 2. The molecular weight excluding hydrogens is 192 g/mol. The van der Waals surface area contributed by atoms with Gasteiger partial charge in [0.1, 0.15) is 0 Å². The second-order valence-electron chi connectivity index (χ2n) is 2.19. The fraction of sp³-hybridized carbons (Fsp3) is 0.286. The van der Waals surface area contributed by atoms with Crippen LogP contribution < -0.4 is 5.32 Å². The molecule has 0 bridgehead atoms.